The molecule has 7 heteroatoms. The highest BCUT2D eigenvalue weighted by molar-refractivity contribution is 5.81. The van der Waals surface area contributed by atoms with Crippen LogP contribution in [0.5, 0.6) is 0 Å². The quantitative estimate of drug-likeness (QED) is 0.652. The van der Waals surface area contributed by atoms with Gasteiger partial charge < -0.3 is 16.6 Å². The molecule has 1 atom stereocenters. The van der Waals surface area contributed by atoms with E-state index in [0.717, 1.165) is 0 Å². The Balaban J connectivity index is 2.62. The minimum absolute atomic E-state index is 0.0584. The van der Waals surface area contributed by atoms with Crippen molar-refractivity contribution in [2.45, 2.75) is 19.4 Å². The van der Waals surface area contributed by atoms with E-state index in [1.54, 1.807) is 0 Å². The van der Waals surface area contributed by atoms with Gasteiger partial charge in [0.1, 0.15) is 0 Å². The van der Waals surface area contributed by atoms with E-state index in [9.17, 15) is 5.11 Å². The summed E-state index contributed by atoms with van der Waals surface area (Å²) in [6, 6.07) is 0. The average molecular weight is 220 g/mol. The fourth-order valence-corrected chi connectivity index (χ4v) is 1.33. The number of aliphatic hydroxyl groups is 1. The van der Waals surface area contributed by atoms with Crippen LogP contribution in [0.25, 0.3) is 11.2 Å². The topological polar surface area (TPSA) is 124 Å². The molecule has 2 aromatic rings. The first-order valence-electron chi connectivity index (χ1n) is 4.85. The third kappa shape index (κ3) is 1.72. The molecule has 0 bridgehead atoms. The normalized spacial score (nSPS) is 12.9. The lowest BCUT2D eigenvalue weighted by molar-refractivity contribution is 0.169. The number of anilines is 2. The summed E-state index contributed by atoms with van der Waals surface area (Å²) < 4.78 is 0. The molecule has 16 heavy (non-hydrogen) atoms. The zero-order valence-electron chi connectivity index (χ0n) is 8.75. The van der Waals surface area contributed by atoms with Crippen molar-refractivity contribution in [3.05, 3.63) is 11.9 Å². The fourth-order valence-electron chi connectivity index (χ4n) is 1.33. The molecule has 2 aromatic heterocycles. The van der Waals surface area contributed by atoms with Crippen molar-refractivity contribution in [2.75, 3.05) is 11.5 Å². The number of hydrogen-bond donors (Lipinski definition) is 3. The predicted molar refractivity (Wildman–Crippen MR) is 59.2 cm³/mol. The Morgan fingerprint density at radius 1 is 1.31 bits per heavy atom. The van der Waals surface area contributed by atoms with Crippen LogP contribution in [0.1, 0.15) is 25.1 Å². The zero-order valence-corrected chi connectivity index (χ0v) is 8.75. The second-order valence-electron chi connectivity index (χ2n) is 3.36. The van der Waals surface area contributed by atoms with Gasteiger partial charge in [0.25, 0.3) is 0 Å². The van der Waals surface area contributed by atoms with Gasteiger partial charge in [0.15, 0.2) is 17.0 Å². The molecule has 0 saturated carbocycles. The van der Waals surface area contributed by atoms with Crippen LogP contribution in [0.4, 0.5) is 11.8 Å². The summed E-state index contributed by atoms with van der Waals surface area (Å²) in [6.45, 7) is 1.85. The minimum Gasteiger partial charge on any atom is -0.387 e. The van der Waals surface area contributed by atoms with Crippen molar-refractivity contribution in [1.29, 1.82) is 0 Å². The molecule has 7 nitrogen and oxygen atoms in total. The van der Waals surface area contributed by atoms with E-state index in [1.807, 2.05) is 6.92 Å². The number of rotatable bonds is 2. The Kier molecular flexibility index (Phi) is 2.53. The van der Waals surface area contributed by atoms with Crippen molar-refractivity contribution in [3.63, 3.8) is 0 Å². The maximum atomic E-state index is 9.63. The van der Waals surface area contributed by atoms with Crippen LogP contribution in [-0.4, -0.2) is 25.0 Å². The SMILES string of the molecule is CCC(O)c1cnc2nc(N)nc(N)c2n1. The van der Waals surface area contributed by atoms with Gasteiger partial charge in [-0.1, -0.05) is 6.92 Å². The highest BCUT2D eigenvalue weighted by Crippen LogP contribution is 2.18. The van der Waals surface area contributed by atoms with Crippen LogP contribution in [0.3, 0.4) is 0 Å². The first kappa shape index (κ1) is 10.5. The standard InChI is InChI=1S/C9H12N6O/c1-2-5(16)4-3-12-8-6(13-4)7(10)14-9(11)15-8/h3,5,16H,2H2,1H3,(H4,10,11,12,14,15). The van der Waals surface area contributed by atoms with Crippen LogP contribution in [0.2, 0.25) is 0 Å². The molecule has 0 spiro atoms. The third-order valence-corrected chi connectivity index (χ3v) is 2.20. The van der Waals surface area contributed by atoms with Crippen LogP contribution in [0, 0.1) is 0 Å². The highest BCUT2D eigenvalue weighted by Gasteiger charge is 2.11. The summed E-state index contributed by atoms with van der Waals surface area (Å²) in [5.74, 6) is 0.225. The maximum absolute atomic E-state index is 9.63. The molecule has 84 valence electrons. The molecule has 0 aliphatic rings. The van der Waals surface area contributed by atoms with Gasteiger partial charge in [0.05, 0.1) is 18.0 Å². The summed E-state index contributed by atoms with van der Waals surface area (Å²) >= 11 is 0. The molecule has 2 heterocycles. The first-order valence-corrected chi connectivity index (χ1v) is 4.85. The predicted octanol–water partition coefficient (Wildman–Crippen LogP) is 0.0276. The van der Waals surface area contributed by atoms with Gasteiger partial charge in [-0.05, 0) is 6.42 Å². The number of nitrogens with zero attached hydrogens (tertiary/aromatic N) is 4. The van der Waals surface area contributed by atoms with Crippen molar-refractivity contribution in [3.8, 4) is 0 Å². The Hall–Kier alpha value is -2.02. The molecule has 0 radical (unpaired) electrons. The summed E-state index contributed by atoms with van der Waals surface area (Å²) in [5, 5.41) is 9.63. The third-order valence-electron chi connectivity index (χ3n) is 2.20. The summed E-state index contributed by atoms with van der Waals surface area (Å²) in [4.78, 5) is 15.9. The van der Waals surface area contributed by atoms with Crippen molar-refractivity contribution in [1.82, 2.24) is 19.9 Å². The molecule has 0 saturated heterocycles. The average Bonchev–Trinajstić information content (AvgIpc) is 2.27. The summed E-state index contributed by atoms with van der Waals surface area (Å²) in [6.07, 6.45) is 1.35. The number of aromatic nitrogens is 4. The Labute approximate surface area is 91.6 Å². The Morgan fingerprint density at radius 2 is 2.06 bits per heavy atom. The van der Waals surface area contributed by atoms with Gasteiger partial charge in [-0.2, -0.15) is 9.97 Å². The van der Waals surface area contributed by atoms with Gasteiger partial charge in [0.2, 0.25) is 5.95 Å². The van der Waals surface area contributed by atoms with Crippen molar-refractivity contribution >= 4 is 22.9 Å². The molecule has 0 fully saturated rings. The van der Waals surface area contributed by atoms with Crippen LogP contribution in [-0.2, 0) is 0 Å². The fraction of sp³-hybridized carbons (Fsp3) is 0.333. The molecule has 0 aliphatic heterocycles. The van der Waals surface area contributed by atoms with Gasteiger partial charge in [-0.3, -0.25) is 0 Å². The first-order chi connectivity index (χ1) is 7.61. The van der Waals surface area contributed by atoms with E-state index in [2.05, 4.69) is 19.9 Å². The maximum Gasteiger partial charge on any atom is 0.224 e. The zero-order chi connectivity index (χ0) is 11.7. The lowest BCUT2D eigenvalue weighted by Crippen LogP contribution is -2.06. The van der Waals surface area contributed by atoms with Crippen molar-refractivity contribution in [2.24, 2.45) is 0 Å². The largest absolute Gasteiger partial charge is 0.387 e. The summed E-state index contributed by atoms with van der Waals surface area (Å²) in [7, 11) is 0. The van der Waals surface area contributed by atoms with E-state index in [1.165, 1.54) is 6.20 Å². The number of aliphatic hydroxyl groups excluding tert-OH is 1. The second kappa shape index (κ2) is 3.86. The number of fused-ring (bicyclic) bond motifs is 1. The van der Waals surface area contributed by atoms with Crippen LogP contribution >= 0.6 is 0 Å². The van der Waals surface area contributed by atoms with E-state index < -0.39 is 6.10 Å². The van der Waals surface area contributed by atoms with Crippen LogP contribution < -0.4 is 11.5 Å². The molecule has 0 aliphatic carbocycles. The smallest absolute Gasteiger partial charge is 0.224 e. The molecule has 5 N–H and O–H groups in total. The number of nitrogen functional groups attached to an aromatic ring is 2. The number of nitrogens with two attached hydrogens (primary N) is 2. The van der Waals surface area contributed by atoms with E-state index >= 15 is 0 Å². The Morgan fingerprint density at radius 3 is 2.75 bits per heavy atom. The summed E-state index contributed by atoms with van der Waals surface area (Å²) in [5.41, 5.74) is 12.2. The highest BCUT2D eigenvalue weighted by atomic mass is 16.3. The number of hydrogen-bond acceptors (Lipinski definition) is 7. The monoisotopic (exact) mass is 220 g/mol. The Bertz CT molecular complexity index is 529. The molecular formula is C9H12N6O. The van der Waals surface area contributed by atoms with E-state index in [4.69, 9.17) is 11.5 Å². The molecule has 0 amide bonds. The molecule has 2 rings (SSSR count). The van der Waals surface area contributed by atoms with Gasteiger partial charge >= 0.3 is 0 Å². The van der Waals surface area contributed by atoms with E-state index in [-0.39, 0.29) is 11.8 Å². The van der Waals surface area contributed by atoms with Crippen molar-refractivity contribution < 1.29 is 5.11 Å². The second-order valence-corrected chi connectivity index (χ2v) is 3.36. The van der Waals surface area contributed by atoms with Gasteiger partial charge in [-0.15, -0.1) is 0 Å². The van der Waals surface area contributed by atoms with Gasteiger partial charge in [0, 0.05) is 0 Å². The van der Waals surface area contributed by atoms with Gasteiger partial charge in [-0.25, -0.2) is 9.97 Å². The lowest BCUT2D eigenvalue weighted by Gasteiger charge is -2.07. The lowest BCUT2D eigenvalue weighted by atomic mass is 10.2. The van der Waals surface area contributed by atoms with Crippen LogP contribution in [0.15, 0.2) is 6.20 Å². The minimum atomic E-state index is -0.658. The molecular weight excluding hydrogens is 208 g/mol. The van der Waals surface area contributed by atoms with E-state index in [0.29, 0.717) is 23.3 Å². The molecule has 1 unspecified atom stereocenters. The molecule has 0 aromatic carbocycles.